The number of esters is 1. The minimum atomic E-state index is -0.592. The van der Waals surface area contributed by atoms with Gasteiger partial charge in [0.1, 0.15) is 6.04 Å². The van der Waals surface area contributed by atoms with Gasteiger partial charge in [0, 0.05) is 11.0 Å². The van der Waals surface area contributed by atoms with Crippen LogP contribution in [0.3, 0.4) is 0 Å². The highest BCUT2D eigenvalue weighted by molar-refractivity contribution is 7.10. The first-order valence-electron chi connectivity index (χ1n) is 6.13. The standard InChI is InChI=1S/C14H19NO3S/c1-10(2)9-12(14(17)18-3)15-13(16)7-6-11-5-4-8-19-11/h4-8,10,12H,9H2,1-3H3,(H,15,16)/b7-6+. The Hall–Kier alpha value is -1.62. The van der Waals surface area contributed by atoms with Gasteiger partial charge in [-0.1, -0.05) is 19.9 Å². The normalized spacial score (nSPS) is 12.6. The molecule has 1 heterocycles. The quantitative estimate of drug-likeness (QED) is 0.644. The number of methoxy groups -OCH3 is 1. The minimum Gasteiger partial charge on any atom is -0.467 e. The maximum absolute atomic E-state index is 11.7. The summed E-state index contributed by atoms with van der Waals surface area (Å²) in [4.78, 5) is 24.3. The van der Waals surface area contributed by atoms with E-state index in [1.165, 1.54) is 13.2 Å². The molecule has 0 aromatic carbocycles. The zero-order valence-electron chi connectivity index (χ0n) is 11.4. The van der Waals surface area contributed by atoms with E-state index in [0.29, 0.717) is 12.3 Å². The number of thiophene rings is 1. The Morgan fingerprint density at radius 3 is 2.74 bits per heavy atom. The predicted octanol–water partition coefficient (Wildman–Crippen LogP) is 2.47. The number of hydrogen-bond acceptors (Lipinski definition) is 4. The number of carbonyl (C=O) groups is 2. The Balaban J connectivity index is 2.58. The molecular weight excluding hydrogens is 262 g/mol. The van der Waals surface area contributed by atoms with E-state index in [4.69, 9.17) is 0 Å². The SMILES string of the molecule is COC(=O)C(CC(C)C)NC(=O)/C=C/c1cccs1. The van der Waals surface area contributed by atoms with Gasteiger partial charge in [0.25, 0.3) is 0 Å². The van der Waals surface area contributed by atoms with Gasteiger partial charge in [-0.05, 0) is 29.9 Å². The summed E-state index contributed by atoms with van der Waals surface area (Å²) in [5.74, 6) is -0.401. The highest BCUT2D eigenvalue weighted by Crippen LogP contribution is 2.10. The second kappa shape index (κ2) is 7.74. The summed E-state index contributed by atoms with van der Waals surface area (Å²) in [6, 6.07) is 3.24. The van der Waals surface area contributed by atoms with E-state index in [1.54, 1.807) is 17.4 Å². The molecule has 0 saturated heterocycles. The van der Waals surface area contributed by atoms with E-state index in [0.717, 1.165) is 4.88 Å². The van der Waals surface area contributed by atoms with Gasteiger partial charge in [-0.15, -0.1) is 11.3 Å². The summed E-state index contributed by atoms with van der Waals surface area (Å²) in [6.45, 7) is 3.98. The van der Waals surface area contributed by atoms with Crippen molar-refractivity contribution in [2.45, 2.75) is 26.3 Å². The van der Waals surface area contributed by atoms with Crippen LogP contribution in [0.4, 0.5) is 0 Å². The summed E-state index contributed by atoms with van der Waals surface area (Å²) >= 11 is 1.55. The molecule has 0 bridgehead atoms. The molecular formula is C14H19NO3S. The molecule has 4 nitrogen and oxygen atoms in total. The third-order valence-electron chi connectivity index (χ3n) is 2.45. The smallest absolute Gasteiger partial charge is 0.328 e. The first-order valence-corrected chi connectivity index (χ1v) is 7.00. The van der Waals surface area contributed by atoms with Gasteiger partial charge < -0.3 is 10.1 Å². The molecule has 19 heavy (non-hydrogen) atoms. The molecule has 0 aliphatic heterocycles. The van der Waals surface area contributed by atoms with E-state index in [9.17, 15) is 9.59 Å². The lowest BCUT2D eigenvalue weighted by molar-refractivity contribution is -0.145. The molecule has 1 rings (SSSR count). The van der Waals surface area contributed by atoms with Gasteiger partial charge in [0.05, 0.1) is 7.11 Å². The summed E-state index contributed by atoms with van der Waals surface area (Å²) in [7, 11) is 1.32. The molecule has 1 aromatic heterocycles. The molecule has 1 N–H and O–H groups in total. The molecule has 0 radical (unpaired) electrons. The van der Waals surface area contributed by atoms with Crippen LogP contribution < -0.4 is 5.32 Å². The van der Waals surface area contributed by atoms with Crippen molar-refractivity contribution >= 4 is 29.3 Å². The largest absolute Gasteiger partial charge is 0.467 e. The van der Waals surface area contributed by atoms with Crippen molar-refractivity contribution in [2.24, 2.45) is 5.92 Å². The molecule has 1 aromatic rings. The second-order valence-corrected chi connectivity index (χ2v) is 5.54. The average Bonchev–Trinajstić information content (AvgIpc) is 2.87. The van der Waals surface area contributed by atoms with Crippen molar-refractivity contribution in [3.05, 3.63) is 28.5 Å². The minimum absolute atomic E-state index is 0.288. The van der Waals surface area contributed by atoms with Gasteiger partial charge in [0.15, 0.2) is 0 Å². The number of rotatable bonds is 6. The number of ether oxygens (including phenoxy) is 1. The summed E-state index contributed by atoms with van der Waals surface area (Å²) in [5, 5.41) is 4.60. The topological polar surface area (TPSA) is 55.4 Å². The average molecular weight is 281 g/mol. The Labute approximate surface area is 117 Å². The maximum Gasteiger partial charge on any atom is 0.328 e. The number of carbonyl (C=O) groups excluding carboxylic acids is 2. The summed E-state index contributed by atoms with van der Waals surface area (Å²) in [6.07, 6.45) is 3.72. The lowest BCUT2D eigenvalue weighted by atomic mass is 10.0. The molecule has 0 aliphatic rings. The molecule has 5 heteroatoms. The zero-order valence-corrected chi connectivity index (χ0v) is 12.2. The van der Waals surface area contributed by atoms with Crippen LogP contribution in [0.15, 0.2) is 23.6 Å². The fourth-order valence-corrected chi connectivity index (χ4v) is 2.21. The van der Waals surface area contributed by atoms with Gasteiger partial charge in [-0.2, -0.15) is 0 Å². The fraction of sp³-hybridized carbons (Fsp3) is 0.429. The van der Waals surface area contributed by atoms with Crippen LogP contribution in [0.5, 0.6) is 0 Å². The lowest BCUT2D eigenvalue weighted by Crippen LogP contribution is -2.41. The molecule has 1 unspecified atom stereocenters. The number of amides is 1. The molecule has 104 valence electrons. The van der Waals surface area contributed by atoms with Crippen LogP contribution in [0.25, 0.3) is 6.08 Å². The highest BCUT2D eigenvalue weighted by atomic mass is 32.1. The fourth-order valence-electron chi connectivity index (χ4n) is 1.59. The van der Waals surface area contributed by atoms with Crippen LogP contribution in [-0.4, -0.2) is 25.0 Å². The van der Waals surface area contributed by atoms with E-state index in [2.05, 4.69) is 10.1 Å². The Morgan fingerprint density at radius 2 is 2.21 bits per heavy atom. The van der Waals surface area contributed by atoms with Crippen molar-refractivity contribution in [1.29, 1.82) is 0 Å². The maximum atomic E-state index is 11.7. The Kier molecular flexibility index (Phi) is 6.29. The van der Waals surface area contributed by atoms with E-state index in [1.807, 2.05) is 31.4 Å². The van der Waals surface area contributed by atoms with E-state index < -0.39 is 12.0 Å². The Bertz CT molecular complexity index is 438. The van der Waals surface area contributed by atoms with Crippen LogP contribution in [-0.2, 0) is 14.3 Å². The van der Waals surface area contributed by atoms with Gasteiger partial charge in [0.2, 0.25) is 5.91 Å². The van der Waals surface area contributed by atoms with E-state index >= 15 is 0 Å². The summed E-state index contributed by atoms with van der Waals surface area (Å²) in [5.41, 5.74) is 0. The highest BCUT2D eigenvalue weighted by Gasteiger charge is 2.21. The lowest BCUT2D eigenvalue weighted by Gasteiger charge is -2.17. The van der Waals surface area contributed by atoms with Crippen molar-refractivity contribution < 1.29 is 14.3 Å². The predicted molar refractivity (Wildman–Crippen MR) is 76.8 cm³/mol. The van der Waals surface area contributed by atoms with Crippen molar-refractivity contribution in [3.8, 4) is 0 Å². The third kappa shape index (κ3) is 5.70. The molecule has 0 spiro atoms. The van der Waals surface area contributed by atoms with Crippen LogP contribution in [0.2, 0.25) is 0 Å². The zero-order chi connectivity index (χ0) is 14.3. The number of hydrogen-bond donors (Lipinski definition) is 1. The monoisotopic (exact) mass is 281 g/mol. The Morgan fingerprint density at radius 1 is 1.47 bits per heavy atom. The van der Waals surface area contributed by atoms with Crippen LogP contribution in [0.1, 0.15) is 25.1 Å². The second-order valence-electron chi connectivity index (χ2n) is 4.56. The van der Waals surface area contributed by atoms with E-state index in [-0.39, 0.29) is 5.91 Å². The third-order valence-corrected chi connectivity index (χ3v) is 3.29. The molecule has 0 saturated carbocycles. The van der Waals surface area contributed by atoms with Crippen molar-refractivity contribution in [3.63, 3.8) is 0 Å². The van der Waals surface area contributed by atoms with Gasteiger partial charge in [-0.25, -0.2) is 4.79 Å². The van der Waals surface area contributed by atoms with Crippen LogP contribution in [0, 0.1) is 5.92 Å². The molecule has 1 atom stereocenters. The van der Waals surface area contributed by atoms with Gasteiger partial charge in [-0.3, -0.25) is 4.79 Å². The molecule has 0 fully saturated rings. The number of nitrogens with one attached hydrogen (secondary N) is 1. The van der Waals surface area contributed by atoms with Crippen molar-refractivity contribution in [1.82, 2.24) is 5.32 Å². The van der Waals surface area contributed by atoms with Gasteiger partial charge >= 0.3 is 5.97 Å². The summed E-state index contributed by atoms with van der Waals surface area (Å²) < 4.78 is 4.69. The first-order chi connectivity index (χ1) is 9.02. The first kappa shape index (κ1) is 15.4. The van der Waals surface area contributed by atoms with Crippen LogP contribution >= 0.6 is 11.3 Å². The molecule has 0 aliphatic carbocycles. The molecule has 1 amide bonds. The van der Waals surface area contributed by atoms with Crippen molar-refractivity contribution in [2.75, 3.05) is 7.11 Å².